The minimum Gasteiger partial charge on any atom is -0.378 e. The van der Waals surface area contributed by atoms with E-state index in [1.807, 2.05) is 0 Å². The average molecular weight is 225 g/mol. The van der Waals surface area contributed by atoms with Gasteiger partial charge >= 0.3 is 0 Å². The van der Waals surface area contributed by atoms with Crippen molar-refractivity contribution >= 4 is 19.7 Å². The maximum atomic E-state index is 10.9. The van der Waals surface area contributed by atoms with Crippen LogP contribution in [0, 0.1) is 11.8 Å². The second kappa shape index (κ2) is 3.41. The van der Waals surface area contributed by atoms with E-state index in [-0.39, 0.29) is 11.7 Å². The summed E-state index contributed by atoms with van der Waals surface area (Å²) in [6, 6.07) is 0. The van der Waals surface area contributed by atoms with Crippen LogP contribution in [0.25, 0.3) is 0 Å². The van der Waals surface area contributed by atoms with E-state index in [0.717, 1.165) is 25.9 Å². The van der Waals surface area contributed by atoms with Gasteiger partial charge in [-0.1, -0.05) is 0 Å². The predicted molar refractivity (Wildman–Crippen MR) is 50.2 cm³/mol. The Hall–Kier alpha value is 0.200. The van der Waals surface area contributed by atoms with E-state index in [1.165, 1.54) is 0 Å². The molecule has 2 fully saturated rings. The molecule has 1 aliphatic carbocycles. The first kappa shape index (κ1) is 9.74. The fourth-order valence-electron chi connectivity index (χ4n) is 2.37. The average Bonchev–Trinajstić information content (AvgIpc) is 2.37. The molecule has 0 spiro atoms. The molecule has 3 nitrogen and oxygen atoms in total. The molecule has 0 aromatic carbocycles. The summed E-state index contributed by atoms with van der Waals surface area (Å²) in [4.78, 5) is 0. The monoisotopic (exact) mass is 224 g/mol. The van der Waals surface area contributed by atoms with Gasteiger partial charge in [-0.15, -0.1) is 0 Å². The lowest BCUT2D eigenvalue weighted by atomic mass is 9.82. The lowest BCUT2D eigenvalue weighted by Gasteiger charge is -2.25. The lowest BCUT2D eigenvalue weighted by Crippen LogP contribution is -2.26. The highest BCUT2D eigenvalue weighted by Crippen LogP contribution is 2.38. The zero-order valence-corrected chi connectivity index (χ0v) is 8.85. The van der Waals surface area contributed by atoms with Crippen molar-refractivity contribution in [3.63, 3.8) is 0 Å². The number of halogens is 1. The van der Waals surface area contributed by atoms with Crippen LogP contribution in [-0.4, -0.2) is 26.9 Å². The number of ether oxygens (including phenoxy) is 1. The Morgan fingerprint density at radius 2 is 2.15 bits per heavy atom. The minimum atomic E-state index is -3.33. The lowest BCUT2D eigenvalue weighted by molar-refractivity contribution is 0.107. The minimum absolute atomic E-state index is 0.120. The van der Waals surface area contributed by atoms with Crippen LogP contribution < -0.4 is 0 Å². The van der Waals surface area contributed by atoms with Gasteiger partial charge in [0.15, 0.2) is 0 Å². The zero-order chi connectivity index (χ0) is 9.47. The zero-order valence-electron chi connectivity index (χ0n) is 7.28. The third-order valence-electron chi connectivity index (χ3n) is 3.05. The molecule has 1 saturated heterocycles. The molecule has 3 atom stereocenters. The Morgan fingerprint density at radius 3 is 2.85 bits per heavy atom. The summed E-state index contributed by atoms with van der Waals surface area (Å²) in [7, 11) is 1.90. The van der Waals surface area contributed by atoms with Crippen LogP contribution in [0.15, 0.2) is 0 Å². The summed E-state index contributed by atoms with van der Waals surface area (Å²) >= 11 is 0. The first-order valence-electron chi connectivity index (χ1n) is 4.58. The van der Waals surface area contributed by atoms with Crippen molar-refractivity contribution in [3.05, 3.63) is 0 Å². The van der Waals surface area contributed by atoms with Crippen molar-refractivity contribution in [3.8, 4) is 0 Å². The molecule has 0 N–H and O–H groups in total. The van der Waals surface area contributed by atoms with Gasteiger partial charge in [-0.2, -0.15) is 0 Å². The van der Waals surface area contributed by atoms with E-state index in [1.54, 1.807) is 0 Å². The van der Waals surface area contributed by atoms with Gasteiger partial charge in [0.1, 0.15) is 0 Å². The molecule has 5 heteroatoms. The van der Waals surface area contributed by atoms with Gasteiger partial charge in [-0.25, -0.2) is 8.42 Å². The highest BCUT2D eigenvalue weighted by atomic mass is 35.7. The summed E-state index contributed by atoms with van der Waals surface area (Å²) < 4.78 is 27.3. The van der Waals surface area contributed by atoms with Crippen LogP contribution in [-0.2, 0) is 13.8 Å². The van der Waals surface area contributed by atoms with Gasteiger partial charge in [0.2, 0.25) is 9.05 Å². The van der Waals surface area contributed by atoms with Crippen molar-refractivity contribution in [1.82, 2.24) is 0 Å². The van der Waals surface area contributed by atoms with E-state index < -0.39 is 9.05 Å². The van der Waals surface area contributed by atoms with Gasteiger partial charge in [0.25, 0.3) is 0 Å². The molecule has 1 saturated carbocycles. The van der Waals surface area contributed by atoms with E-state index in [9.17, 15) is 8.42 Å². The Labute approximate surface area is 82.8 Å². The number of fused-ring (bicyclic) bond motifs is 2. The highest BCUT2D eigenvalue weighted by molar-refractivity contribution is 8.13. The summed E-state index contributed by atoms with van der Waals surface area (Å²) in [6.45, 7) is 0.724. The van der Waals surface area contributed by atoms with Crippen molar-refractivity contribution in [2.75, 3.05) is 12.4 Å². The molecule has 1 aliphatic heterocycles. The SMILES string of the molecule is O=S(=O)(Cl)CC1CCC2CC1CO2. The molecule has 0 aromatic rings. The molecule has 13 heavy (non-hydrogen) atoms. The number of hydrogen-bond acceptors (Lipinski definition) is 3. The molecular formula is C8H13ClO3S. The highest BCUT2D eigenvalue weighted by Gasteiger charge is 2.38. The standard InChI is InChI=1S/C8H13ClO3S/c9-13(10,11)5-6-1-2-8-3-7(6)4-12-8/h6-8H,1-5H2. The van der Waals surface area contributed by atoms with E-state index in [0.29, 0.717) is 12.0 Å². The van der Waals surface area contributed by atoms with Gasteiger partial charge in [-0.05, 0) is 31.1 Å². The van der Waals surface area contributed by atoms with Crippen LogP contribution >= 0.6 is 10.7 Å². The fraction of sp³-hybridized carbons (Fsp3) is 1.00. The molecule has 1 heterocycles. The Bertz CT molecular complexity index is 288. The molecular weight excluding hydrogens is 212 g/mol. The molecule has 2 bridgehead atoms. The second-order valence-electron chi connectivity index (χ2n) is 3.99. The van der Waals surface area contributed by atoms with Gasteiger partial charge in [0, 0.05) is 10.7 Å². The van der Waals surface area contributed by atoms with Crippen LogP contribution in [0.2, 0.25) is 0 Å². The molecule has 0 aromatic heterocycles. The van der Waals surface area contributed by atoms with Crippen LogP contribution in [0.1, 0.15) is 19.3 Å². The maximum absolute atomic E-state index is 10.9. The third-order valence-corrected chi connectivity index (χ3v) is 4.26. The molecule has 3 unspecified atom stereocenters. The Morgan fingerprint density at radius 1 is 1.38 bits per heavy atom. The molecule has 2 aliphatic rings. The second-order valence-corrected chi connectivity index (χ2v) is 6.82. The largest absolute Gasteiger partial charge is 0.378 e. The van der Waals surface area contributed by atoms with Crippen LogP contribution in [0.3, 0.4) is 0 Å². The van der Waals surface area contributed by atoms with E-state index in [4.69, 9.17) is 15.4 Å². The first-order chi connectivity index (χ1) is 6.04. The molecule has 76 valence electrons. The predicted octanol–water partition coefficient (Wildman–Crippen LogP) is 1.37. The fourth-order valence-corrected chi connectivity index (χ4v) is 3.81. The Kier molecular flexibility index (Phi) is 2.55. The van der Waals surface area contributed by atoms with Gasteiger partial charge < -0.3 is 4.74 Å². The van der Waals surface area contributed by atoms with E-state index in [2.05, 4.69) is 0 Å². The van der Waals surface area contributed by atoms with Crippen molar-refractivity contribution < 1.29 is 13.2 Å². The van der Waals surface area contributed by atoms with Crippen LogP contribution in [0.5, 0.6) is 0 Å². The smallest absolute Gasteiger partial charge is 0.232 e. The first-order valence-corrected chi connectivity index (χ1v) is 7.06. The molecule has 0 amide bonds. The van der Waals surface area contributed by atoms with Crippen molar-refractivity contribution in [2.24, 2.45) is 11.8 Å². The summed E-state index contributed by atoms with van der Waals surface area (Å²) in [5.74, 6) is 0.767. The third kappa shape index (κ3) is 2.36. The normalized spacial score (nSPS) is 39.3. The summed E-state index contributed by atoms with van der Waals surface area (Å²) in [6.07, 6.45) is 3.35. The summed E-state index contributed by atoms with van der Waals surface area (Å²) in [5.41, 5.74) is 0. The topological polar surface area (TPSA) is 43.4 Å². The van der Waals surface area contributed by atoms with Crippen molar-refractivity contribution in [1.29, 1.82) is 0 Å². The molecule has 2 rings (SSSR count). The van der Waals surface area contributed by atoms with Gasteiger partial charge in [0.05, 0.1) is 18.5 Å². The summed E-state index contributed by atoms with van der Waals surface area (Å²) in [5, 5.41) is 0. The van der Waals surface area contributed by atoms with E-state index >= 15 is 0 Å². The number of hydrogen-bond donors (Lipinski definition) is 0. The number of rotatable bonds is 2. The maximum Gasteiger partial charge on any atom is 0.232 e. The Balaban J connectivity index is 2.00. The van der Waals surface area contributed by atoms with Crippen molar-refractivity contribution in [2.45, 2.75) is 25.4 Å². The quantitative estimate of drug-likeness (QED) is 0.666. The molecule has 0 radical (unpaired) electrons. The van der Waals surface area contributed by atoms with Gasteiger partial charge in [-0.3, -0.25) is 0 Å². The van der Waals surface area contributed by atoms with Crippen LogP contribution in [0.4, 0.5) is 0 Å².